The van der Waals surface area contributed by atoms with E-state index in [1.165, 1.54) is 12.1 Å². The van der Waals surface area contributed by atoms with Crippen molar-refractivity contribution in [3.8, 4) is 5.75 Å². The van der Waals surface area contributed by atoms with Crippen LogP contribution in [0.4, 0.5) is 9.18 Å². The summed E-state index contributed by atoms with van der Waals surface area (Å²) in [4.78, 5) is 41.3. The molecule has 3 aromatic rings. The third-order valence-electron chi connectivity index (χ3n) is 7.64. The number of aliphatic carboxylic acids is 1. The van der Waals surface area contributed by atoms with Crippen molar-refractivity contribution in [2.24, 2.45) is 11.7 Å². The van der Waals surface area contributed by atoms with Crippen LogP contribution in [0.5, 0.6) is 5.75 Å². The van der Waals surface area contributed by atoms with E-state index in [1.54, 1.807) is 46.2 Å². The van der Waals surface area contributed by atoms with Gasteiger partial charge in [-0.25, -0.2) is 9.18 Å². The minimum Gasteiger partial charge on any atom is -0.493 e. The Morgan fingerprint density at radius 2 is 1.53 bits per heavy atom. The van der Waals surface area contributed by atoms with Crippen molar-refractivity contribution in [1.82, 2.24) is 15.1 Å². The lowest BCUT2D eigenvalue weighted by molar-refractivity contribution is -0.138. The third kappa shape index (κ3) is 10.5. The Morgan fingerprint density at radius 1 is 0.956 bits per heavy atom. The molecule has 0 aromatic heterocycles. The van der Waals surface area contributed by atoms with Gasteiger partial charge in [-0.05, 0) is 78.3 Å². The number of rotatable bonds is 12. The molecule has 0 spiro atoms. The van der Waals surface area contributed by atoms with Crippen molar-refractivity contribution in [3.63, 3.8) is 0 Å². The second-order valence-electron chi connectivity index (χ2n) is 11.6. The van der Waals surface area contributed by atoms with Gasteiger partial charge >= 0.3 is 12.0 Å². The first-order valence-electron chi connectivity index (χ1n) is 15.0. The van der Waals surface area contributed by atoms with Gasteiger partial charge in [-0.2, -0.15) is 0 Å². The molecule has 0 bridgehead atoms. The highest BCUT2D eigenvalue weighted by molar-refractivity contribution is 5.94. The standard InChI is InChI=1S/C34H41FN4O5.ClH/c1-23(2)22-44-30-13-7-25(8-14-30)20-37-34(43)39(21-26-5-11-28(35)12-6-26)29-15-17-38(18-16-29)32(40)27-9-3-24(4-10-27)19-31(36)33(41)42;/h3-14,23,29,31H,15-22,36H2,1-2H3,(H,37,43)(H,41,42);1H/t31-;/m1./s1. The average molecular weight is 641 g/mol. The van der Waals surface area contributed by atoms with Crippen molar-refractivity contribution < 1.29 is 28.6 Å². The Balaban J connectivity index is 0.00000552. The molecule has 242 valence electrons. The number of carboxylic acid groups (broad SMARTS) is 1. The molecule has 45 heavy (non-hydrogen) atoms. The van der Waals surface area contributed by atoms with Crippen LogP contribution in [0.15, 0.2) is 72.8 Å². The van der Waals surface area contributed by atoms with Crippen LogP contribution in [-0.2, 0) is 24.3 Å². The first-order chi connectivity index (χ1) is 21.1. The molecule has 1 aliphatic heterocycles. The quantitative estimate of drug-likeness (QED) is 0.248. The SMILES string of the molecule is CC(C)COc1ccc(CNC(=O)N(Cc2ccc(F)cc2)C2CCN(C(=O)c3ccc(C[C@@H](N)C(=O)O)cc3)CC2)cc1.Cl. The number of benzene rings is 3. The number of amides is 3. The Hall–Kier alpha value is -4.15. The van der Waals surface area contributed by atoms with E-state index in [-0.39, 0.29) is 42.6 Å². The van der Waals surface area contributed by atoms with Gasteiger partial charge in [-0.15, -0.1) is 12.4 Å². The number of nitrogens with one attached hydrogen (secondary N) is 1. The number of likely N-dealkylation sites (tertiary alicyclic amines) is 1. The van der Waals surface area contributed by atoms with Gasteiger partial charge in [0.2, 0.25) is 0 Å². The lowest BCUT2D eigenvalue weighted by Crippen LogP contribution is -2.51. The monoisotopic (exact) mass is 640 g/mol. The molecule has 11 heteroatoms. The average Bonchev–Trinajstić information content (AvgIpc) is 3.03. The molecule has 1 saturated heterocycles. The smallest absolute Gasteiger partial charge is 0.320 e. The summed E-state index contributed by atoms with van der Waals surface area (Å²) in [5.41, 5.74) is 8.63. The summed E-state index contributed by atoms with van der Waals surface area (Å²) >= 11 is 0. The van der Waals surface area contributed by atoms with Gasteiger partial charge in [0, 0.05) is 37.8 Å². The Kier molecular flexibility index (Phi) is 13.2. The van der Waals surface area contributed by atoms with Crippen LogP contribution in [0.1, 0.15) is 53.7 Å². The third-order valence-corrected chi connectivity index (χ3v) is 7.64. The Bertz CT molecular complexity index is 1400. The minimum absolute atomic E-state index is 0. The molecular formula is C34H42ClFN4O5. The van der Waals surface area contributed by atoms with Crippen LogP contribution >= 0.6 is 12.4 Å². The Labute approximate surface area is 269 Å². The fourth-order valence-corrected chi connectivity index (χ4v) is 5.09. The maximum atomic E-state index is 13.6. The molecule has 0 radical (unpaired) electrons. The zero-order valence-electron chi connectivity index (χ0n) is 25.7. The van der Waals surface area contributed by atoms with E-state index in [0.29, 0.717) is 57.1 Å². The van der Waals surface area contributed by atoms with Crippen molar-refractivity contribution in [3.05, 3.63) is 101 Å². The van der Waals surface area contributed by atoms with E-state index in [9.17, 15) is 18.8 Å². The fraction of sp³-hybridized carbons (Fsp3) is 0.382. The molecule has 1 aliphatic rings. The number of urea groups is 1. The number of piperidine rings is 1. The van der Waals surface area contributed by atoms with E-state index < -0.39 is 12.0 Å². The first kappa shape index (κ1) is 35.3. The summed E-state index contributed by atoms with van der Waals surface area (Å²) in [6, 6.07) is 19.3. The van der Waals surface area contributed by atoms with Crippen molar-refractivity contribution in [2.45, 2.75) is 58.3 Å². The van der Waals surface area contributed by atoms with E-state index >= 15 is 0 Å². The highest BCUT2D eigenvalue weighted by atomic mass is 35.5. The topological polar surface area (TPSA) is 125 Å². The number of hydrogen-bond donors (Lipinski definition) is 3. The Morgan fingerprint density at radius 3 is 2.11 bits per heavy atom. The van der Waals surface area contributed by atoms with E-state index in [4.69, 9.17) is 15.6 Å². The van der Waals surface area contributed by atoms with Gasteiger partial charge in [0.15, 0.2) is 0 Å². The summed E-state index contributed by atoms with van der Waals surface area (Å²) in [5.74, 6) is -0.319. The first-order valence-corrected chi connectivity index (χ1v) is 15.0. The normalized spacial score (nSPS) is 13.9. The summed E-state index contributed by atoms with van der Waals surface area (Å²) < 4.78 is 19.3. The number of nitrogens with zero attached hydrogens (tertiary/aromatic N) is 2. The van der Waals surface area contributed by atoms with Crippen LogP contribution in [-0.4, -0.2) is 64.6 Å². The van der Waals surface area contributed by atoms with Crippen LogP contribution in [0, 0.1) is 11.7 Å². The summed E-state index contributed by atoms with van der Waals surface area (Å²) in [6.45, 7) is 6.41. The summed E-state index contributed by atoms with van der Waals surface area (Å²) in [5, 5.41) is 12.1. The molecular weight excluding hydrogens is 599 g/mol. The van der Waals surface area contributed by atoms with Crippen LogP contribution in [0.2, 0.25) is 0 Å². The number of nitrogens with two attached hydrogens (primary N) is 1. The second-order valence-corrected chi connectivity index (χ2v) is 11.6. The van der Waals surface area contributed by atoms with Crippen LogP contribution in [0.3, 0.4) is 0 Å². The number of halogens is 2. The molecule has 0 aliphatic carbocycles. The van der Waals surface area contributed by atoms with Crippen LogP contribution in [0.25, 0.3) is 0 Å². The number of carboxylic acids is 1. The fourth-order valence-electron chi connectivity index (χ4n) is 5.09. The number of hydrogen-bond acceptors (Lipinski definition) is 5. The maximum Gasteiger partial charge on any atom is 0.320 e. The van der Waals surface area contributed by atoms with Gasteiger partial charge in [0.25, 0.3) is 5.91 Å². The molecule has 0 unspecified atom stereocenters. The van der Waals surface area contributed by atoms with Gasteiger partial charge < -0.3 is 30.7 Å². The minimum atomic E-state index is -1.07. The van der Waals surface area contributed by atoms with Gasteiger partial charge in [0.05, 0.1) is 6.61 Å². The van der Waals surface area contributed by atoms with E-state index in [0.717, 1.165) is 22.4 Å². The lowest BCUT2D eigenvalue weighted by atomic mass is 10.0. The van der Waals surface area contributed by atoms with E-state index in [1.807, 2.05) is 24.3 Å². The van der Waals surface area contributed by atoms with Gasteiger partial charge in [-0.1, -0.05) is 50.2 Å². The highest BCUT2D eigenvalue weighted by Crippen LogP contribution is 2.22. The molecule has 1 atom stereocenters. The summed E-state index contributed by atoms with van der Waals surface area (Å²) in [7, 11) is 0. The molecule has 3 amide bonds. The number of carbonyl (C=O) groups is 3. The number of carbonyl (C=O) groups excluding carboxylic acids is 2. The van der Waals surface area contributed by atoms with Crippen molar-refractivity contribution in [2.75, 3.05) is 19.7 Å². The molecule has 0 saturated carbocycles. The molecule has 1 fully saturated rings. The van der Waals surface area contributed by atoms with Crippen molar-refractivity contribution in [1.29, 1.82) is 0 Å². The molecule has 1 heterocycles. The second kappa shape index (κ2) is 16.8. The highest BCUT2D eigenvalue weighted by Gasteiger charge is 2.30. The molecule has 4 rings (SSSR count). The largest absolute Gasteiger partial charge is 0.493 e. The van der Waals surface area contributed by atoms with Gasteiger partial charge in [0.1, 0.15) is 17.6 Å². The number of ether oxygens (including phenoxy) is 1. The van der Waals surface area contributed by atoms with Crippen molar-refractivity contribution >= 4 is 30.3 Å². The maximum absolute atomic E-state index is 13.6. The predicted octanol–water partition coefficient (Wildman–Crippen LogP) is 5.25. The molecule has 3 aromatic carbocycles. The zero-order chi connectivity index (χ0) is 31.6. The molecule has 9 nitrogen and oxygen atoms in total. The molecule has 4 N–H and O–H groups in total. The van der Waals surface area contributed by atoms with Crippen LogP contribution < -0.4 is 15.8 Å². The predicted molar refractivity (Wildman–Crippen MR) is 173 cm³/mol. The zero-order valence-corrected chi connectivity index (χ0v) is 26.5. The summed E-state index contributed by atoms with van der Waals surface area (Å²) in [6.07, 6.45) is 1.36. The van der Waals surface area contributed by atoms with Gasteiger partial charge in [-0.3, -0.25) is 9.59 Å². The lowest BCUT2D eigenvalue weighted by Gasteiger charge is -2.38. The van der Waals surface area contributed by atoms with E-state index in [2.05, 4.69) is 19.2 Å².